The maximum atomic E-state index is 13.6. The Morgan fingerprint density at radius 1 is 1.44 bits per heavy atom. The van der Waals surface area contributed by atoms with Crippen LogP contribution in [0.15, 0.2) is 18.2 Å². The molecule has 0 aliphatic heterocycles. The van der Waals surface area contributed by atoms with Crippen LogP contribution >= 0.6 is 0 Å². The van der Waals surface area contributed by atoms with Crippen molar-refractivity contribution in [1.82, 2.24) is 0 Å². The number of rotatable bonds is 5. The van der Waals surface area contributed by atoms with Crippen LogP contribution in [0.25, 0.3) is 0 Å². The van der Waals surface area contributed by atoms with Crippen molar-refractivity contribution in [2.45, 2.75) is 19.1 Å². The van der Waals surface area contributed by atoms with Gasteiger partial charge in [0, 0.05) is 11.6 Å². The number of carbonyl (C=O) groups excluding carboxylic acids is 1. The number of aliphatic hydroxyl groups is 2. The summed E-state index contributed by atoms with van der Waals surface area (Å²) in [6.45, 7) is 2.13. The van der Waals surface area contributed by atoms with E-state index in [1.165, 1.54) is 12.1 Å². The summed E-state index contributed by atoms with van der Waals surface area (Å²) >= 11 is 0. The summed E-state index contributed by atoms with van der Waals surface area (Å²) in [6.07, 6.45) is -3.52. The third kappa shape index (κ3) is 3.18. The van der Waals surface area contributed by atoms with Gasteiger partial charge < -0.3 is 19.7 Å². The Kier molecular flexibility index (Phi) is 5.06. The second kappa shape index (κ2) is 6.32. The quantitative estimate of drug-likeness (QED) is 0.764. The van der Waals surface area contributed by atoms with Gasteiger partial charge in [0.05, 0.1) is 13.7 Å². The van der Waals surface area contributed by atoms with E-state index in [0.29, 0.717) is 12.4 Å². The maximum absolute atomic E-state index is 13.6. The van der Waals surface area contributed by atoms with E-state index in [0.717, 1.165) is 13.2 Å². The van der Waals surface area contributed by atoms with Crippen molar-refractivity contribution >= 4 is 5.97 Å². The van der Waals surface area contributed by atoms with E-state index in [-0.39, 0.29) is 5.56 Å². The van der Waals surface area contributed by atoms with E-state index in [9.17, 15) is 19.4 Å². The average molecular weight is 258 g/mol. The first kappa shape index (κ1) is 14.4. The third-order valence-corrected chi connectivity index (χ3v) is 2.34. The van der Waals surface area contributed by atoms with E-state index in [1.807, 2.05) is 0 Å². The second-order valence-corrected chi connectivity index (χ2v) is 3.53. The molecule has 1 rings (SSSR count). The van der Waals surface area contributed by atoms with Gasteiger partial charge in [0.1, 0.15) is 17.7 Å². The molecule has 0 fully saturated rings. The molecular formula is C12H15FO5. The number of ether oxygens (including phenoxy) is 2. The zero-order chi connectivity index (χ0) is 13.7. The number of carbonyl (C=O) groups is 1. The van der Waals surface area contributed by atoms with E-state index in [2.05, 4.69) is 4.74 Å². The zero-order valence-corrected chi connectivity index (χ0v) is 10.1. The lowest BCUT2D eigenvalue weighted by Crippen LogP contribution is -2.29. The number of aliphatic hydroxyl groups excluding tert-OH is 2. The summed E-state index contributed by atoms with van der Waals surface area (Å²) in [5.41, 5.74) is -0.198. The standard InChI is InChI=1S/C12H15FO5/c1-3-18-7-4-5-8(9(13)6-7)10(14)11(15)12(16)17-2/h4-6,10-11,14-15H,3H2,1-2H3. The number of esters is 1. The van der Waals surface area contributed by atoms with Gasteiger partial charge >= 0.3 is 5.97 Å². The molecule has 0 aliphatic carbocycles. The molecule has 1 aromatic carbocycles. The highest BCUT2D eigenvalue weighted by molar-refractivity contribution is 5.75. The molecule has 0 bridgehead atoms. The van der Waals surface area contributed by atoms with Crippen LogP contribution in [-0.2, 0) is 9.53 Å². The average Bonchev–Trinajstić information content (AvgIpc) is 2.36. The minimum absolute atomic E-state index is 0.198. The fourth-order valence-corrected chi connectivity index (χ4v) is 1.42. The number of hydrogen-bond acceptors (Lipinski definition) is 5. The second-order valence-electron chi connectivity index (χ2n) is 3.53. The Balaban J connectivity index is 2.92. The highest BCUT2D eigenvalue weighted by Gasteiger charge is 2.28. The van der Waals surface area contributed by atoms with Gasteiger partial charge in [-0.1, -0.05) is 0 Å². The fraction of sp³-hybridized carbons (Fsp3) is 0.417. The predicted molar refractivity (Wildman–Crippen MR) is 60.6 cm³/mol. The summed E-state index contributed by atoms with van der Waals surface area (Å²) < 4.78 is 23.0. The van der Waals surface area contributed by atoms with Crippen LogP contribution in [0.5, 0.6) is 5.75 Å². The van der Waals surface area contributed by atoms with Crippen LogP contribution in [-0.4, -0.2) is 36.0 Å². The number of methoxy groups -OCH3 is 1. The van der Waals surface area contributed by atoms with E-state index in [4.69, 9.17) is 4.74 Å². The highest BCUT2D eigenvalue weighted by Crippen LogP contribution is 2.24. The molecule has 0 aliphatic rings. The van der Waals surface area contributed by atoms with Gasteiger partial charge in [-0.15, -0.1) is 0 Å². The molecule has 2 unspecified atom stereocenters. The Labute approximate surface area is 104 Å². The van der Waals surface area contributed by atoms with Gasteiger partial charge in [-0.05, 0) is 19.1 Å². The van der Waals surface area contributed by atoms with Crippen LogP contribution in [0.2, 0.25) is 0 Å². The van der Waals surface area contributed by atoms with Crippen molar-refractivity contribution in [2.75, 3.05) is 13.7 Å². The minimum atomic E-state index is -1.83. The van der Waals surface area contributed by atoms with Gasteiger partial charge in [0.25, 0.3) is 0 Å². The maximum Gasteiger partial charge on any atom is 0.337 e. The van der Waals surface area contributed by atoms with Crippen molar-refractivity contribution in [1.29, 1.82) is 0 Å². The largest absolute Gasteiger partial charge is 0.494 e. The van der Waals surface area contributed by atoms with Crippen LogP contribution < -0.4 is 4.74 Å². The van der Waals surface area contributed by atoms with Crippen LogP contribution in [0, 0.1) is 5.82 Å². The molecule has 0 amide bonds. The predicted octanol–water partition coefficient (Wildman–Crippen LogP) is 0.792. The topological polar surface area (TPSA) is 76.0 Å². The summed E-state index contributed by atoms with van der Waals surface area (Å²) in [7, 11) is 1.06. The zero-order valence-electron chi connectivity index (χ0n) is 10.1. The van der Waals surface area contributed by atoms with E-state index < -0.39 is 24.0 Å². The number of halogens is 1. The Hall–Kier alpha value is -1.66. The van der Waals surface area contributed by atoms with Gasteiger partial charge in [0.15, 0.2) is 6.10 Å². The van der Waals surface area contributed by atoms with Crippen molar-refractivity contribution in [3.63, 3.8) is 0 Å². The monoisotopic (exact) mass is 258 g/mol. The SMILES string of the molecule is CCOc1ccc(C(O)C(O)C(=O)OC)c(F)c1. The van der Waals surface area contributed by atoms with Gasteiger partial charge in [-0.3, -0.25) is 0 Å². The molecule has 0 aromatic heterocycles. The van der Waals surface area contributed by atoms with Crippen LogP contribution in [0.1, 0.15) is 18.6 Å². The Bertz CT molecular complexity index is 421. The smallest absolute Gasteiger partial charge is 0.337 e. The lowest BCUT2D eigenvalue weighted by Gasteiger charge is -2.17. The minimum Gasteiger partial charge on any atom is -0.494 e. The molecule has 0 spiro atoms. The first-order valence-corrected chi connectivity index (χ1v) is 5.37. The number of benzene rings is 1. The molecule has 2 N–H and O–H groups in total. The van der Waals surface area contributed by atoms with Gasteiger partial charge in [0.2, 0.25) is 0 Å². The van der Waals surface area contributed by atoms with Crippen molar-refractivity contribution in [3.8, 4) is 5.75 Å². The molecule has 1 aromatic rings. The summed E-state index contributed by atoms with van der Waals surface area (Å²) in [6, 6.07) is 3.76. The molecule has 2 atom stereocenters. The Morgan fingerprint density at radius 2 is 2.11 bits per heavy atom. The normalized spacial score (nSPS) is 13.8. The highest BCUT2D eigenvalue weighted by atomic mass is 19.1. The molecule has 0 heterocycles. The molecule has 18 heavy (non-hydrogen) atoms. The van der Waals surface area contributed by atoms with Crippen molar-refractivity contribution in [3.05, 3.63) is 29.6 Å². The molecule has 6 heteroatoms. The Morgan fingerprint density at radius 3 is 2.61 bits per heavy atom. The summed E-state index contributed by atoms with van der Waals surface area (Å²) in [5.74, 6) is -1.49. The van der Waals surface area contributed by atoms with Crippen molar-refractivity contribution in [2.24, 2.45) is 0 Å². The van der Waals surface area contributed by atoms with Crippen LogP contribution in [0.4, 0.5) is 4.39 Å². The fourth-order valence-electron chi connectivity index (χ4n) is 1.42. The third-order valence-electron chi connectivity index (χ3n) is 2.34. The van der Waals surface area contributed by atoms with Crippen LogP contribution in [0.3, 0.4) is 0 Å². The first-order valence-electron chi connectivity index (χ1n) is 5.37. The summed E-state index contributed by atoms with van der Waals surface area (Å²) in [5, 5.41) is 19.1. The molecule has 0 saturated carbocycles. The summed E-state index contributed by atoms with van der Waals surface area (Å²) in [4.78, 5) is 11.0. The molecule has 100 valence electrons. The first-order chi connectivity index (χ1) is 8.51. The molecule has 0 radical (unpaired) electrons. The van der Waals surface area contributed by atoms with Gasteiger partial charge in [-0.25, -0.2) is 9.18 Å². The van der Waals surface area contributed by atoms with E-state index >= 15 is 0 Å². The van der Waals surface area contributed by atoms with Crippen molar-refractivity contribution < 1.29 is 28.9 Å². The van der Waals surface area contributed by atoms with E-state index in [1.54, 1.807) is 6.92 Å². The molecule has 0 saturated heterocycles. The molecular weight excluding hydrogens is 243 g/mol. The number of hydrogen-bond donors (Lipinski definition) is 2. The molecule has 5 nitrogen and oxygen atoms in total. The lowest BCUT2D eigenvalue weighted by molar-refractivity contribution is -0.156. The lowest BCUT2D eigenvalue weighted by atomic mass is 10.0. The van der Waals surface area contributed by atoms with Gasteiger partial charge in [-0.2, -0.15) is 0 Å².